The lowest BCUT2D eigenvalue weighted by Gasteiger charge is -2.37. The van der Waals surface area contributed by atoms with Gasteiger partial charge in [-0.2, -0.15) is 0 Å². The Morgan fingerprint density at radius 3 is 2.51 bits per heavy atom. The second kappa shape index (κ2) is 10.7. The number of quaternary nitrogens is 1. The van der Waals surface area contributed by atoms with Crippen molar-refractivity contribution in [3.63, 3.8) is 0 Å². The van der Waals surface area contributed by atoms with E-state index in [4.69, 9.17) is 13.9 Å². The van der Waals surface area contributed by atoms with Gasteiger partial charge in [0.25, 0.3) is 0 Å². The van der Waals surface area contributed by atoms with E-state index in [0.717, 1.165) is 16.7 Å². The lowest BCUT2D eigenvalue weighted by Crippen LogP contribution is -2.58. The molecule has 1 aromatic heterocycles. The Morgan fingerprint density at radius 1 is 1.06 bits per heavy atom. The molecule has 35 heavy (non-hydrogen) atoms. The van der Waals surface area contributed by atoms with Crippen molar-refractivity contribution in [3.05, 3.63) is 101 Å². The molecule has 0 spiro atoms. The third kappa shape index (κ3) is 5.34. The van der Waals surface area contributed by atoms with Crippen LogP contribution < -0.4 is 9.91 Å². The van der Waals surface area contributed by atoms with E-state index in [1.54, 1.807) is 25.1 Å². The maximum Gasteiger partial charge on any atom is 0.338 e. The summed E-state index contributed by atoms with van der Waals surface area (Å²) >= 11 is 0. The predicted octanol–water partition coefficient (Wildman–Crippen LogP) is 5.38. The van der Waals surface area contributed by atoms with Crippen molar-refractivity contribution in [2.24, 2.45) is 0 Å². The number of fused-ring (bicyclic) bond motifs is 1. The van der Waals surface area contributed by atoms with Gasteiger partial charge < -0.3 is 13.9 Å². The van der Waals surface area contributed by atoms with Crippen LogP contribution in [0.1, 0.15) is 13.8 Å². The van der Waals surface area contributed by atoms with Crippen molar-refractivity contribution in [2.45, 2.75) is 13.8 Å². The maximum atomic E-state index is 13.2. The first-order valence-corrected chi connectivity index (χ1v) is 11.6. The van der Waals surface area contributed by atoms with Crippen LogP contribution in [0.25, 0.3) is 22.1 Å². The Bertz CT molecular complexity index is 1340. The predicted molar refractivity (Wildman–Crippen MR) is 139 cm³/mol. The third-order valence-corrected chi connectivity index (χ3v) is 6.30. The molecule has 1 fully saturated rings. The minimum Gasteiger partial charge on any atom is -0.411 e. The zero-order chi connectivity index (χ0) is 24.8. The largest absolute Gasteiger partial charge is 0.411 e. The molecule has 0 bridgehead atoms. The Labute approximate surface area is 205 Å². The number of rotatable bonds is 7. The fourth-order valence-corrected chi connectivity index (χ4v) is 4.04. The Hall–Kier alpha value is -3.74. The Kier molecular flexibility index (Phi) is 7.44. The lowest BCUT2D eigenvalue weighted by molar-refractivity contribution is -0.145. The van der Waals surface area contributed by atoms with Crippen LogP contribution in [0.5, 0.6) is 0 Å². The van der Waals surface area contributed by atoms with Gasteiger partial charge in [-0.1, -0.05) is 72.8 Å². The van der Waals surface area contributed by atoms with Crippen LogP contribution in [0.4, 0.5) is 5.88 Å². The smallest absolute Gasteiger partial charge is 0.338 e. The summed E-state index contributed by atoms with van der Waals surface area (Å²) < 4.78 is 17.9. The summed E-state index contributed by atoms with van der Waals surface area (Å²) in [4.78, 5) is 25.9. The SMILES string of the molecule is C=C/C(C)=C\C=C(/C)C(=O)OC[N+]1(c2cc(=O)c3cccc(-c4ccccc4)c3o2)CCOCC1. The number of hydrogen-bond donors (Lipinski definition) is 0. The highest BCUT2D eigenvalue weighted by atomic mass is 16.6. The molecule has 6 heteroatoms. The summed E-state index contributed by atoms with van der Waals surface area (Å²) in [5.41, 5.74) is 3.62. The Balaban J connectivity index is 1.72. The number of ether oxygens (including phenoxy) is 2. The van der Waals surface area contributed by atoms with Crippen molar-refractivity contribution >= 4 is 22.8 Å². The van der Waals surface area contributed by atoms with E-state index in [0.29, 0.717) is 48.7 Å². The quantitative estimate of drug-likeness (QED) is 0.200. The van der Waals surface area contributed by atoms with Gasteiger partial charge >= 0.3 is 11.9 Å². The van der Waals surface area contributed by atoms with E-state index >= 15 is 0 Å². The van der Waals surface area contributed by atoms with Crippen molar-refractivity contribution in [2.75, 3.05) is 33.0 Å². The topological polar surface area (TPSA) is 65.7 Å². The van der Waals surface area contributed by atoms with E-state index in [1.807, 2.05) is 55.5 Å². The maximum absolute atomic E-state index is 13.2. The van der Waals surface area contributed by atoms with Crippen LogP contribution in [0, 0.1) is 0 Å². The fraction of sp³-hybridized carbons (Fsp3) is 0.241. The van der Waals surface area contributed by atoms with Gasteiger partial charge in [-0.25, -0.2) is 9.28 Å². The number of carbonyl (C=O) groups is 1. The van der Waals surface area contributed by atoms with Gasteiger partial charge in [0, 0.05) is 11.1 Å². The van der Waals surface area contributed by atoms with E-state index in [9.17, 15) is 9.59 Å². The number of morpholine rings is 1. The van der Waals surface area contributed by atoms with Crippen LogP contribution in [-0.4, -0.2) is 39.0 Å². The molecule has 1 saturated heterocycles. The molecule has 4 rings (SSSR count). The van der Waals surface area contributed by atoms with Crippen molar-refractivity contribution in [1.29, 1.82) is 0 Å². The van der Waals surface area contributed by atoms with E-state index < -0.39 is 5.97 Å². The molecule has 0 saturated carbocycles. The van der Waals surface area contributed by atoms with Gasteiger partial charge in [0.2, 0.25) is 6.73 Å². The van der Waals surface area contributed by atoms with Crippen LogP contribution in [0.3, 0.4) is 0 Å². The molecule has 180 valence electrons. The molecular weight excluding hydrogens is 442 g/mol. The van der Waals surface area contributed by atoms with Crippen LogP contribution in [0.15, 0.2) is 99.8 Å². The second-order valence-corrected chi connectivity index (χ2v) is 8.73. The van der Waals surface area contributed by atoms with Crippen molar-refractivity contribution < 1.29 is 18.7 Å². The molecule has 1 aliphatic rings. The highest BCUT2D eigenvalue weighted by Gasteiger charge is 2.38. The van der Waals surface area contributed by atoms with Crippen molar-refractivity contribution in [3.8, 4) is 11.1 Å². The molecule has 0 aliphatic carbocycles. The average molecular weight is 473 g/mol. The first kappa shape index (κ1) is 24.4. The molecule has 0 amide bonds. The molecule has 0 radical (unpaired) electrons. The number of esters is 1. The van der Waals surface area contributed by atoms with Gasteiger partial charge in [0.1, 0.15) is 13.1 Å². The number of para-hydroxylation sites is 1. The van der Waals surface area contributed by atoms with Crippen LogP contribution >= 0.6 is 0 Å². The molecule has 2 heterocycles. The molecule has 0 atom stereocenters. The molecular formula is C29H30NO5+. The van der Waals surface area contributed by atoms with Crippen LogP contribution in [-0.2, 0) is 14.3 Å². The monoisotopic (exact) mass is 472 g/mol. The Morgan fingerprint density at radius 2 is 1.80 bits per heavy atom. The normalized spacial score (nSPS) is 16.2. The average Bonchev–Trinajstić information content (AvgIpc) is 2.90. The van der Waals surface area contributed by atoms with Gasteiger partial charge in [0.05, 0.1) is 24.7 Å². The van der Waals surface area contributed by atoms with Gasteiger partial charge in [-0.05, 0) is 25.5 Å². The van der Waals surface area contributed by atoms with Gasteiger partial charge in [-0.3, -0.25) is 4.79 Å². The number of carbonyl (C=O) groups excluding carboxylic acids is 1. The highest BCUT2D eigenvalue weighted by Crippen LogP contribution is 2.32. The summed E-state index contributed by atoms with van der Waals surface area (Å²) in [5.74, 6) is 0.0428. The van der Waals surface area contributed by atoms with Crippen molar-refractivity contribution in [1.82, 2.24) is 4.48 Å². The summed E-state index contributed by atoms with van der Waals surface area (Å²) in [7, 11) is 0. The summed E-state index contributed by atoms with van der Waals surface area (Å²) in [6.45, 7) is 9.35. The molecule has 0 unspecified atom stereocenters. The molecule has 0 N–H and O–H groups in total. The highest BCUT2D eigenvalue weighted by molar-refractivity contribution is 5.92. The van der Waals surface area contributed by atoms with E-state index in [2.05, 4.69) is 6.58 Å². The van der Waals surface area contributed by atoms with E-state index in [-0.39, 0.29) is 16.6 Å². The number of allylic oxidation sites excluding steroid dienone is 4. The third-order valence-electron chi connectivity index (χ3n) is 6.30. The van der Waals surface area contributed by atoms with Gasteiger partial charge in [-0.15, -0.1) is 0 Å². The first-order chi connectivity index (χ1) is 16.9. The van der Waals surface area contributed by atoms with Gasteiger partial charge in [0.15, 0.2) is 11.0 Å². The number of benzene rings is 2. The number of hydrogen-bond acceptors (Lipinski definition) is 5. The molecule has 2 aromatic carbocycles. The lowest BCUT2D eigenvalue weighted by atomic mass is 10.0. The zero-order valence-electron chi connectivity index (χ0n) is 20.2. The summed E-state index contributed by atoms with van der Waals surface area (Å²) in [6.07, 6.45) is 5.25. The fourth-order valence-electron chi connectivity index (χ4n) is 4.04. The standard InChI is InChI=1S/C29H30NO5/c1-4-21(2)13-14-22(3)29(32)34-20-30(15-17-33-18-16-30)27-19-26(31)25-12-8-11-24(28(25)35-27)23-9-6-5-7-10-23/h4-14,19H,1,15-18,20H2,2-3H3/q+1/b21-13-,22-14+. The summed E-state index contributed by atoms with van der Waals surface area (Å²) in [6, 6.07) is 16.9. The number of nitrogens with zero attached hydrogens (tertiary/aromatic N) is 1. The zero-order valence-corrected chi connectivity index (χ0v) is 20.2. The molecule has 1 aliphatic heterocycles. The second-order valence-electron chi connectivity index (χ2n) is 8.73. The van der Waals surface area contributed by atoms with E-state index in [1.165, 1.54) is 6.07 Å². The first-order valence-electron chi connectivity index (χ1n) is 11.6. The molecule has 3 aromatic rings. The minimum atomic E-state index is -0.421. The molecule has 6 nitrogen and oxygen atoms in total. The van der Waals surface area contributed by atoms with Crippen LogP contribution in [0.2, 0.25) is 0 Å². The minimum absolute atomic E-state index is 0.0411. The summed E-state index contributed by atoms with van der Waals surface area (Å²) in [5, 5.41) is 0.515.